The Kier molecular flexibility index (Phi) is 7.68. The molecular formula is C31H24Cl2N2O4. The molecule has 1 aliphatic heterocycles. The maximum atomic E-state index is 13.8. The number of aryl methyl sites for hydroxylation is 1. The van der Waals surface area contributed by atoms with Gasteiger partial charge in [-0.15, -0.1) is 0 Å². The Hall–Kier alpha value is -4.13. The standard InChI is InChI=1S/C31H24Cl2N2O4/c1-19-14-23(10-12-26(19)39-18-20-6-3-2-4-7-20)29(36)27-28(22-9-11-24(32)25(33)15-22)35(31(38)30(27)37)17-21-8-5-13-34-16-21/h2-16,28,36H,17-18H2,1H3/b29-27+. The topological polar surface area (TPSA) is 83.8 Å². The van der Waals surface area contributed by atoms with Crippen LogP contribution in [0.3, 0.4) is 0 Å². The summed E-state index contributed by atoms with van der Waals surface area (Å²) in [6.45, 7) is 2.33. The number of Topliss-reactive ketones (excluding diaryl/α,β-unsaturated/α-hetero) is 1. The number of amides is 1. The molecule has 0 bridgehead atoms. The Morgan fingerprint density at radius 2 is 1.72 bits per heavy atom. The maximum Gasteiger partial charge on any atom is 0.295 e. The number of carbonyl (C=O) groups excluding carboxylic acids is 2. The van der Waals surface area contributed by atoms with E-state index < -0.39 is 23.5 Å². The second kappa shape index (κ2) is 11.3. The Labute approximate surface area is 236 Å². The maximum absolute atomic E-state index is 13.8. The predicted octanol–water partition coefficient (Wildman–Crippen LogP) is 5.12. The first kappa shape index (κ1) is 26.5. The highest BCUT2D eigenvalue weighted by molar-refractivity contribution is 6.46. The lowest BCUT2D eigenvalue weighted by atomic mass is 9.94. The fourth-order valence-corrected chi connectivity index (χ4v) is 4.94. The van der Waals surface area contributed by atoms with E-state index in [1.54, 1.807) is 54.9 Å². The van der Waals surface area contributed by atoms with Gasteiger partial charge in [-0.2, -0.15) is 0 Å². The third-order valence-electron chi connectivity index (χ3n) is 6.59. The van der Waals surface area contributed by atoms with E-state index in [9.17, 15) is 14.7 Å². The number of ether oxygens (including phenoxy) is 1. The van der Waals surface area contributed by atoms with Crippen LogP contribution in [0, 0.1) is 6.92 Å². The van der Waals surface area contributed by atoms with E-state index in [0.29, 0.717) is 22.9 Å². The Morgan fingerprint density at radius 1 is 0.949 bits per heavy atom. The van der Waals surface area contributed by atoms with Crippen LogP contribution in [-0.4, -0.2) is 16.6 Å². The molecule has 2 heterocycles. The second-order valence-corrected chi connectivity index (χ2v) is 10.1. The number of ketones is 1. The van der Waals surface area contributed by atoms with Crippen molar-refractivity contribution in [3.05, 3.63) is 135 Å². The Bertz CT molecular complexity index is 1570. The highest BCUT2D eigenvalue weighted by atomic mass is 35.5. The van der Waals surface area contributed by atoms with Gasteiger partial charge in [0.2, 0.25) is 5.78 Å². The van der Waals surface area contributed by atoms with Crippen molar-refractivity contribution in [3.63, 3.8) is 0 Å². The number of pyridine rings is 1. The number of rotatable bonds is 7. The average molecular weight is 559 g/mol. The summed E-state index contributed by atoms with van der Waals surface area (Å²) in [4.78, 5) is 30.9. The number of H-pyrrole nitrogens is 1. The van der Waals surface area contributed by atoms with Gasteiger partial charge in [-0.05, 0) is 59.5 Å². The zero-order valence-electron chi connectivity index (χ0n) is 21.0. The van der Waals surface area contributed by atoms with Gasteiger partial charge in [-0.3, -0.25) is 9.59 Å². The number of hydrogen-bond acceptors (Lipinski definition) is 4. The van der Waals surface area contributed by atoms with Crippen molar-refractivity contribution in [3.8, 4) is 5.75 Å². The molecule has 0 saturated carbocycles. The number of hydrogen-bond donors (Lipinski definition) is 0. The first-order valence-corrected chi connectivity index (χ1v) is 13.0. The second-order valence-electron chi connectivity index (χ2n) is 9.25. The molecule has 4 aromatic rings. The van der Waals surface area contributed by atoms with Gasteiger partial charge in [0.05, 0.1) is 22.6 Å². The summed E-state index contributed by atoms with van der Waals surface area (Å²) >= 11 is 12.4. The number of benzene rings is 3. The average Bonchev–Trinajstić information content (AvgIpc) is 3.19. The normalized spacial score (nSPS) is 16.5. The van der Waals surface area contributed by atoms with Crippen molar-refractivity contribution < 1.29 is 24.4 Å². The molecule has 196 valence electrons. The summed E-state index contributed by atoms with van der Waals surface area (Å²) in [5, 5.41) is 14.4. The van der Waals surface area contributed by atoms with Crippen LogP contribution in [0.15, 0.2) is 96.8 Å². The Morgan fingerprint density at radius 3 is 2.41 bits per heavy atom. The summed E-state index contributed by atoms with van der Waals surface area (Å²) < 4.78 is 5.94. The van der Waals surface area contributed by atoms with Gasteiger partial charge in [0, 0.05) is 17.2 Å². The molecule has 0 spiro atoms. The number of nitrogens with zero attached hydrogens (tertiary/aromatic N) is 1. The number of aromatic nitrogens is 1. The fourth-order valence-electron chi connectivity index (χ4n) is 4.63. The van der Waals surface area contributed by atoms with Crippen LogP contribution in [0.4, 0.5) is 0 Å². The molecule has 1 N–H and O–H groups in total. The number of nitrogens with one attached hydrogen (secondary N) is 1. The molecule has 39 heavy (non-hydrogen) atoms. The summed E-state index contributed by atoms with van der Waals surface area (Å²) in [6.07, 6.45) is 3.48. The number of carbonyl (C=O) groups is 2. The quantitative estimate of drug-likeness (QED) is 0.179. The van der Waals surface area contributed by atoms with Crippen molar-refractivity contribution in [2.45, 2.75) is 26.1 Å². The van der Waals surface area contributed by atoms with E-state index in [0.717, 1.165) is 16.7 Å². The molecule has 1 amide bonds. The van der Waals surface area contributed by atoms with Gasteiger partial charge in [-0.1, -0.05) is 71.4 Å². The summed E-state index contributed by atoms with van der Waals surface area (Å²) in [5.41, 5.74) is 3.20. The molecule has 1 atom stereocenters. The number of aromatic amines is 1. The molecule has 3 aromatic carbocycles. The highest BCUT2D eigenvalue weighted by Crippen LogP contribution is 2.41. The van der Waals surface area contributed by atoms with E-state index in [1.165, 1.54) is 4.90 Å². The van der Waals surface area contributed by atoms with Crippen molar-refractivity contribution >= 4 is 40.7 Å². The van der Waals surface area contributed by atoms with Crippen molar-refractivity contribution in [1.29, 1.82) is 0 Å². The first-order chi connectivity index (χ1) is 18.8. The summed E-state index contributed by atoms with van der Waals surface area (Å²) in [7, 11) is 0. The van der Waals surface area contributed by atoms with E-state index in [2.05, 4.69) is 4.98 Å². The minimum Gasteiger partial charge on any atom is -0.872 e. The van der Waals surface area contributed by atoms with Crippen molar-refractivity contribution in [2.24, 2.45) is 0 Å². The van der Waals surface area contributed by atoms with Gasteiger partial charge in [-0.25, -0.2) is 4.98 Å². The lowest BCUT2D eigenvalue weighted by Gasteiger charge is -2.27. The molecule has 1 unspecified atom stereocenters. The van der Waals surface area contributed by atoms with Crippen LogP contribution in [0.25, 0.3) is 5.76 Å². The third kappa shape index (κ3) is 5.53. The van der Waals surface area contributed by atoms with Crippen LogP contribution in [-0.2, 0) is 22.7 Å². The van der Waals surface area contributed by atoms with Crippen LogP contribution in [0.5, 0.6) is 5.75 Å². The van der Waals surface area contributed by atoms with Gasteiger partial charge < -0.3 is 14.7 Å². The predicted molar refractivity (Wildman–Crippen MR) is 147 cm³/mol. The molecule has 1 aromatic heterocycles. The zero-order chi connectivity index (χ0) is 27.5. The molecule has 5 rings (SSSR count). The molecular weight excluding hydrogens is 535 g/mol. The summed E-state index contributed by atoms with van der Waals surface area (Å²) in [5.74, 6) is -1.49. The van der Waals surface area contributed by atoms with Gasteiger partial charge in [0.15, 0.2) is 12.4 Å². The van der Waals surface area contributed by atoms with Gasteiger partial charge in [0.1, 0.15) is 12.4 Å². The zero-order valence-corrected chi connectivity index (χ0v) is 22.5. The number of halogens is 2. The minimum atomic E-state index is -0.929. The number of likely N-dealkylation sites (tertiary alicyclic amines) is 1. The highest BCUT2D eigenvalue weighted by Gasteiger charge is 2.44. The lowest BCUT2D eigenvalue weighted by Crippen LogP contribution is -2.29. The van der Waals surface area contributed by atoms with Gasteiger partial charge in [0.25, 0.3) is 5.91 Å². The molecule has 0 radical (unpaired) electrons. The Balaban J connectivity index is 1.53. The van der Waals surface area contributed by atoms with Crippen LogP contribution >= 0.6 is 23.2 Å². The lowest BCUT2D eigenvalue weighted by molar-refractivity contribution is -0.378. The molecule has 6 nitrogen and oxygen atoms in total. The van der Waals surface area contributed by atoms with Crippen LogP contribution < -0.4 is 14.8 Å². The largest absolute Gasteiger partial charge is 0.872 e. The van der Waals surface area contributed by atoms with Crippen molar-refractivity contribution in [1.82, 2.24) is 4.90 Å². The third-order valence-corrected chi connectivity index (χ3v) is 7.33. The van der Waals surface area contributed by atoms with Crippen molar-refractivity contribution in [2.75, 3.05) is 0 Å². The molecule has 0 aliphatic carbocycles. The van der Waals surface area contributed by atoms with E-state index in [-0.39, 0.29) is 22.7 Å². The minimum absolute atomic E-state index is 0.120. The van der Waals surface area contributed by atoms with Gasteiger partial charge >= 0.3 is 0 Å². The molecule has 1 saturated heterocycles. The van der Waals surface area contributed by atoms with E-state index in [4.69, 9.17) is 27.9 Å². The molecule has 1 aliphatic rings. The van der Waals surface area contributed by atoms with E-state index >= 15 is 0 Å². The molecule has 8 heteroatoms. The smallest absolute Gasteiger partial charge is 0.295 e. The monoisotopic (exact) mass is 558 g/mol. The SMILES string of the molecule is Cc1cc(/C([O-])=C2\C(=O)C(=O)N(Cc3ccc[nH+]c3)C2c2ccc(Cl)c(Cl)c2)ccc1OCc1ccccc1. The first-order valence-electron chi connectivity index (χ1n) is 12.3. The fraction of sp³-hybridized carbons (Fsp3) is 0.129. The summed E-state index contributed by atoms with van der Waals surface area (Å²) in [6, 6.07) is 22.3. The van der Waals surface area contributed by atoms with E-state index in [1.807, 2.05) is 43.3 Å². The molecule has 1 fully saturated rings. The van der Waals surface area contributed by atoms with Crippen LogP contribution in [0.2, 0.25) is 10.0 Å². The van der Waals surface area contributed by atoms with Crippen LogP contribution in [0.1, 0.15) is 33.9 Å².